The molecule has 0 amide bonds. The maximum atomic E-state index is 5.82. The number of hydrogen-bond donors (Lipinski definition) is 1. The average Bonchev–Trinajstić information content (AvgIpc) is 2.54. The Kier molecular flexibility index (Phi) is 6.51. The van der Waals surface area contributed by atoms with E-state index in [1.165, 1.54) is 44.3 Å². The highest BCUT2D eigenvalue weighted by Crippen LogP contribution is 2.21. The van der Waals surface area contributed by atoms with E-state index in [1.54, 1.807) is 0 Å². The largest absolute Gasteiger partial charge is 0.399 e. The van der Waals surface area contributed by atoms with Crippen LogP contribution in [0.4, 0.5) is 5.69 Å². The van der Waals surface area contributed by atoms with Crippen LogP contribution in [0.25, 0.3) is 0 Å². The molecule has 1 heterocycles. The molecule has 102 valence electrons. The molecule has 2 nitrogen and oxygen atoms in total. The molecule has 1 aromatic carbocycles. The van der Waals surface area contributed by atoms with Crippen LogP contribution in [0.5, 0.6) is 0 Å². The van der Waals surface area contributed by atoms with Gasteiger partial charge in [-0.25, -0.2) is 0 Å². The van der Waals surface area contributed by atoms with Gasteiger partial charge < -0.3 is 5.73 Å². The molecule has 18 heavy (non-hydrogen) atoms. The second-order valence-electron chi connectivity index (χ2n) is 5.23. The predicted molar refractivity (Wildman–Crippen MR) is 81.0 cm³/mol. The topological polar surface area (TPSA) is 29.3 Å². The molecule has 0 radical (unpaired) electrons. The Bertz CT molecular complexity index is 354. The third-order valence-corrected chi connectivity index (χ3v) is 3.87. The summed E-state index contributed by atoms with van der Waals surface area (Å²) in [6.07, 6.45) is 5.45. The molecule has 3 heteroatoms. The van der Waals surface area contributed by atoms with Gasteiger partial charge in [0.05, 0.1) is 0 Å². The van der Waals surface area contributed by atoms with E-state index in [-0.39, 0.29) is 12.4 Å². The van der Waals surface area contributed by atoms with E-state index in [0.717, 1.165) is 18.2 Å². The Morgan fingerprint density at radius 1 is 1.28 bits per heavy atom. The van der Waals surface area contributed by atoms with Crippen LogP contribution in [0.15, 0.2) is 24.3 Å². The summed E-state index contributed by atoms with van der Waals surface area (Å²) in [5.74, 6) is 0.945. The summed E-state index contributed by atoms with van der Waals surface area (Å²) in [5, 5.41) is 0. The molecule has 2 N–H and O–H groups in total. The third-order valence-electron chi connectivity index (χ3n) is 3.87. The fraction of sp³-hybridized carbons (Fsp3) is 0.600. The number of anilines is 1. The summed E-state index contributed by atoms with van der Waals surface area (Å²) in [5.41, 5.74) is 8.05. The molecule has 1 aliphatic heterocycles. The molecule has 0 bridgehead atoms. The number of likely N-dealkylation sites (tertiary alicyclic amines) is 1. The van der Waals surface area contributed by atoms with Crippen molar-refractivity contribution >= 4 is 18.1 Å². The Balaban J connectivity index is 0.00000162. The number of hydrogen-bond acceptors (Lipinski definition) is 2. The number of nitrogens with zero attached hydrogens (tertiary/aromatic N) is 1. The SMILES string of the molecule is CCC1CCCN(Cc2cccc(N)c2)CC1.Cl. The molecule has 1 atom stereocenters. The number of nitrogens with two attached hydrogens (primary N) is 1. The quantitative estimate of drug-likeness (QED) is 0.847. The lowest BCUT2D eigenvalue weighted by Crippen LogP contribution is -2.24. The highest BCUT2D eigenvalue weighted by atomic mass is 35.5. The predicted octanol–water partition coefficient (Wildman–Crippen LogP) is 3.70. The molecule has 1 unspecified atom stereocenters. The zero-order valence-corrected chi connectivity index (χ0v) is 12.1. The maximum Gasteiger partial charge on any atom is 0.0317 e. The standard InChI is InChI=1S/C15H24N2.ClH/c1-2-13-6-4-9-17(10-8-13)12-14-5-3-7-15(16)11-14;/h3,5,7,11,13H,2,4,6,8-10,12,16H2,1H3;1H. The number of halogens is 1. The average molecular weight is 269 g/mol. The van der Waals surface area contributed by atoms with Gasteiger partial charge in [0.2, 0.25) is 0 Å². The lowest BCUT2D eigenvalue weighted by molar-refractivity contribution is 0.272. The molecular weight excluding hydrogens is 244 g/mol. The Hall–Kier alpha value is -0.730. The van der Waals surface area contributed by atoms with Crippen LogP contribution in [0.1, 0.15) is 38.2 Å². The highest BCUT2D eigenvalue weighted by Gasteiger charge is 2.15. The summed E-state index contributed by atoms with van der Waals surface area (Å²) >= 11 is 0. The minimum absolute atomic E-state index is 0. The molecule has 1 aromatic rings. The van der Waals surface area contributed by atoms with Crippen LogP contribution >= 0.6 is 12.4 Å². The first-order chi connectivity index (χ1) is 8.28. The molecule has 1 fully saturated rings. The summed E-state index contributed by atoms with van der Waals surface area (Å²) in [4.78, 5) is 2.57. The first-order valence-electron chi connectivity index (χ1n) is 6.84. The van der Waals surface area contributed by atoms with Crippen LogP contribution in [0.3, 0.4) is 0 Å². The van der Waals surface area contributed by atoms with E-state index >= 15 is 0 Å². The van der Waals surface area contributed by atoms with Crippen molar-refractivity contribution in [3.05, 3.63) is 29.8 Å². The van der Waals surface area contributed by atoms with E-state index < -0.39 is 0 Å². The van der Waals surface area contributed by atoms with Crippen LogP contribution in [-0.4, -0.2) is 18.0 Å². The maximum absolute atomic E-state index is 5.82. The second-order valence-corrected chi connectivity index (χ2v) is 5.23. The lowest BCUT2D eigenvalue weighted by atomic mass is 9.98. The fourth-order valence-corrected chi connectivity index (χ4v) is 2.74. The van der Waals surface area contributed by atoms with Gasteiger partial charge in [-0.15, -0.1) is 12.4 Å². The minimum Gasteiger partial charge on any atom is -0.399 e. The third kappa shape index (κ3) is 4.51. The van der Waals surface area contributed by atoms with Gasteiger partial charge in [-0.3, -0.25) is 4.90 Å². The van der Waals surface area contributed by atoms with Crippen molar-refractivity contribution in [2.24, 2.45) is 5.92 Å². The van der Waals surface area contributed by atoms with E-state index in [1.807, 2.05) is 6.07 Å². The van der Waals surface area contributed by atoms with Gasteiger partial charge in [0.25, 0.3) is 0 Å². The Morgan fingerprint density at radius 2 is 2.11 bits per heavy atom. The van der Waals surface area contributed by atoms with E-state index in [9.17, 15) is 0 Å². The van der Waals surface area contributed by atoms with Crippen LogP contribution < -0.4 is 5.73 Å². The highest BCUT2D eigenvalue weighted by molar-refractivity contribution is 5.85. The van der Waals surface area contributed by atoms with Crippen molar-refractivity contribution < 1.29 is 0 Å². The van der Waals surface area contributed by atoms with E-state index in [2.05, 4.69) is 30.0 Å². The zero-order valence-electron chi connectivity index (χ0n) is 11.3. The first kappa shape index (κ1) is 15.3. The number of rotatable bonds is 3. The zero-order chi connectivity index (χ0) is 12.1. The van der Waals surface area contributed by atoms with Gasteiger partial charge in [-0.1, -0.05) is 25.5 Å². The molecule has 0 saturated carbocycles. The minimum atomic E-state index is 0. The smallest absolute Gasteiger partial charge is 0.0317 e. The summed E-state index contributed by atoms with van der Waals surface area (Å²) < 4.78 is 0. The van der Waals surface area contributed by atoms with E-state index in [4.69, 9.17) is 5.73 Å². The normalized spacial score (nSPS) is 21.1. The summed E-state index contributed by atoms with van der Waals surface area (Å²) in [6.45, 7) is 5.86. The van der Waals surface area contributed by atoms with Gasteiger partial charge in [0, 0.05) is 12.2 Å². The molecule has 0 aliphatic carbocycles. The van der Waals surface area contributed by atoms with Crippen molar-refractivity contribution in [2.45, 2.75) is 39.2 Å². The molecule has 1 aliphatic rings. The van der Waals surface area contributed by atoms with Crippen LogP contribution in [0, 0.1) is 5.92 Å². The monoisotopic (exact) mass is 268 g/mol. The van der Waals surface area contributed by atoms with Crippen molar-refractivity contribution in [3.8, 4) is 0 Å². The lowest BCUT2D eigenvalue weighted by Gasteiger charge is -2.20. The summed E-state index contributed by atoms with van der Waals surface area (Å²) in [6, 6.07) is 8.29. The first-order valence-corrected chi connectivity index (χ1v) is 6.84. The van der Waals surface area contributed by atoms with Crippen molar-refractivity contribution in [1.82, 2.24) is 4.90 Å². The van der Waals surface area contributed by atoms with Gasteiger partial charge in [0.1, 0.15) is 0 Å². The van der Waals surface area contributed by atoms with Gasteiger partial charge in [-0.05, 0) is 56.0 Å². The van der Waals surface area contributed by atoms with E-state index in [0.29, 0.717) is 0 Å². The van der Waals surface area contributed by atoms with Crippen LogP contribution in [0.2, 0.25) is 0 Å². The van der Waals surface area contributed by atoms with Gasteiger partial charge in [-0.2, -0.15) is 0 Å². The molecule has 0 aromatic heterocycles. The molecule has 2 rings (SSSR count). The molecule has 1 saturated heterocycles. The fourth-order valence-electron chi connectivity index (χ4n) is 2.74. The van der Waals surface area contributed by atoms with Gasteiger partial charge in [0.15, 0.2) is 0 Å². The number of nitrogen functional groups attached to an aromatic ring is 1. The molecular formula is C15H25ClN2. The van der Waals surface area contributed by atoms with Crippen LogP contribution in [-0.2, 0) is 6.54 Å². The Morgan fingerprint density at radius 3 is 2.83 bits per heavy atom. The Labute approximate surface area is 117 Å². The second kappa shape index (κ2) is 7.65. The molecule has 0 spiro atoms. The van der Waals surface area contributed by atoms with Crippen molar-refractivity contribution in [2.75, 3.05) is 18.8 Å². The van der Waals surface area contributed by atoms with Crippen molar-refractivity contribution in [1.29, 1.82) is 0 Å². The summed E-state index contributed by atoms with van der Waals surface area (Å²) in [7, 11) is 0. The van der Waals surface area contributed by atoms with Gasteiger partial charge >= 0.3 is 0 Å². The number of benzene rings is 1. The van der Waals surface area contributed by atoms with Crippen molar-refractivity contribution in [3.63, 3.8) is 0 Å².